The molecule has 0 spiro atoms. The van der Waals surface area contributed by atoms with E-state index in [1.54, 1.807) is 25.3 Å². The van der Waals surface area contributed by atoms with Crippen LogP contribution in [0.25, 0.3) is 10.9 Å². The molecular formula is C27H28N4O3. The number of carbonyl (C=O) groups is 1. The highest BCUT2D eigenvalue weighted by Crippen LogP contribution is 2.27. The second-order valence-electron chi connectivity index (χ2n) is 7.80. The van der Waals surface area contributed by atoms with Crippen molar-refractivity contribution in [2.24, 2.45) is 4.99 Å². The van der Waals surface area contributed by atoms with Crippen LogP contribution in [0.1, 0.15) is 21.5 Å². The second kappa shape index (κ2) is 10.6. The summed E-state index contributed by atoms with van der Waals surface area (Å²) in [4.78, 5) is 21.0. The molecule has 7 heteroatoms. The summed E-state index contributed by atoms with van der Waals surface area (Å²) in [7, 11) is 3.10. The van der Waals surface area contributed by atoms with Gasteiger partial charge in [-0.2, -0.15) is 0 Å². The van der Waals surface area contributed by atoms with Crippen LogP contribution in [0.3, 0.4) is 0 Å². The van der Waals surface area contributed by atoms with Crippen molar-refractivity contribution in [3.63, 3.8) is 0 Å². The largest absolute Gasteiger partial charge is 0.493 e. The minimum atomic E-state index is -0.298. The minimum absolute atomic E-state index is 0.298. The van der Waals surface area contributed by atoms with Crippen LogP contribution < -0.4 is 20.1 Å². The maximum absolute atomic E-state index is 13.0. The third-order valence-electron chi connectivity index (χ3n) is 5.60. The van der Waals surface area contributed by atoms with Gasteiger partial charge >= 0.3 is 0 Å². The van der Waals surface area contributed by atoms with E-state index in [0.29, 0.717) is 29.6 Å². The first kappa shape index (κ1) is 22.9. The van der Waals surface area contributed by atoms with Gasteiger partial charge in [-0.05, 0) is 54.8 Å². The molecule has 0 aliphatic carbocycles. The quantitative estimate of drug-likeness (QED) is 0.272. The zero-order chi connectivity index (χ0) is 23.9. The molecular weight excluding hydrogens is 428 g/mol. The van der Waals surface area contributed by atoms with Crippen molar-refractivity contribution in [3.8, 4) is 11.5 Å². The van der Waals surface area contributed by atoms with Gasteiger partial charge in [0.25, 0.3) is 5.91 Å². The molecule has 3 N–H and O–H groups in total. The lowest BCUT2D eigenvalue weighted by molar-refractivity contribution is 0.0976. The highest BCUT2D eigenvalue weighted by atomic mass is 16.5. The average Bonchev–Trinajstić information content (AvgIpc) is 3.28. The number of rotatable bonds is 7. The molecule has 1 heterocycles. The Kier molecular flexibility index (Phi) is 7.13. The molecule has 1 amide bonds. The van der Waals surface area contributed by atoms with E-state index in [9.17, 15) is 4.79 Å². The molecule has 1 aromatic heterocycles. The van der Waals surface area contributed by atoms with Gasteiger partial charge in [0.2, 0.25) is 5.96 Å². The number of anilines is 1. The number of aryl methyl sites for hydroxylation is 1. The Balaban J connectivity index is 1.55. The first-order valence-corrected chi connectivity index (χ1v) is 11.0. The fourth-order valence-corrected chi connectivity index (χ4v) is 3.73. The molecule has 174 valence electrons. The Bertz CT molecular complexity index is 1330. The molecule has 0 bridgehead atoms. The topological polar surface area (TPSA) is 87.7 Å². The number of nitrogens with zero attached hydrogens (tertiary/aromatic N) is 1. The molecule has 0 aliphatic rings. The standard InChI is InChI=1S/C27H28N4O3/c1-18-8-4-6-10-22(18)30-27(28-15-14-20-17-29-23-11-7-5-9-21(20)23)31-26(32)19-12-13-24(33-2)25(16-19)34-3/h4-13,16-17,29H,14-15H2,1-3H3,(H2,28,30,31,32). The van der Waals surface area contributed by atoms with Crippen LogP contribution in [0.15, 0.2) is 77.9 Å². The van der Waals surface area contributed by atoms with E-state index in [1.807, 2.05) is 49.5 Å². The van der Waals surface area contributed by atoms with Gasteiger partial charge < -0.3 is 19.8 Å². The van der Waals surface area contributed by atoms with Crippen molar-refractivity contribution in [1.82, 2.24) is 10.3 Å². The zero-order valence-corrected chi connectivity index (χ0v) is 19.5. The van der Waals surface area contributed by atoms with Crippen molar-refractivity contribution >= 4 is 28.5 Å². The SMILES string of the molecule is COc1ccc(C(=O)NC(=NCCc2c[nH]c3ccccc23)Nc2ccccc2C)cc1OC. The van der Waals surface area contributed by atoms with Crippen LogP contribution >= 0.6 is 0 Å². The van der Waals surface area contributed by atoms with E-state index in [4.69, 9.17) is 9.47 Å². The predicted molar refractivity (Wildman–Crippen MR) is 136 cm³/mol. The third kappa shape index (κ3) is 5.20. The number of ether oxygens (including phenoxy) is 2. The number of amides is 1. The number of methoxy groups -OCH3 is 2. The van der Waals surface area contributed by atoms with Crippen molar-refractivity contribution < 1.29 is 14.3 Å². The molecule has 0 saturated heterocycles. The molecule has 7 nitrogen and oxygen atoms in total. The number of para-hydroxylation sites is 2. The van der Waals surface area contributed by atoms with Gasteiger partial charge in [-0.3, -0.25) is 15.1 Å². The number of aromatic amines is 1. The highest BCUT2D eigenvalue weighted by Gasteiger charge is 2.14. The molecule has 34 heavy (non-hydrogen) atoms. The summed E-state index contributed by atoms with van der Waals surface area (Å²) >= 11 is 0. The predicted octanol–water partition coefficient (Wildman–Crippen LogP) is 4.93. The molecule has 0 saturated carbocycles. The fourth-order valence-electron chi connectivity index (χ4n) is 3.73. The maximum atomic E-state index is 13.0. The van der Waals surface area contributed by atoms with E-state index < -0.39 is 0 Å². The Labute approximate surface area is 198 Å². The first-order valence-electron chi connectivity index (χ1n) is 11.0. The normalized spacial score (nSPS) is 11.3. The van der Waals surface area contributed by atoms with E-state index in [-0.39, 0.29) is 5.91 Å². The van der Waals surface area contributed by atoms with E-state index in [1.165, 1.54) is 18.1 Å². The van der Waals surface area contributed by atoms with Crippen molar-refractivity contribution in [2.45, 2.75) is 13.3 Å². The second-order valence-corrected chi connectivity index (χ2v) is 7.80. The lowest BCUT2D eigenvalue weighted by Gasteiger charge is -2.14. The zero-order valence-electron chi connectivity index (χ0n) is 19.5. The molecule has 3 aromatic carbocycles. The minimum Gasteiger partial charge on any atom is -0.493 e. The number of hydrogen-bond acceptors (Lipinski definition) is 4. The molecule has 4 aromatic rings. The van der Waals surface area contributed by atoms with E-state index in [0.717, 1.165) is 23.2 Å². The summed E-state index contributed by atoms with van der Waals surface area (Å²) in [5, 5.41) is 7.36. The summed E-state index contributed by atoms with van der Waals surface area (Å²) in [5.74, 6) is 1.13. The van der Waals surface area contributed by atoms with Gasteiger partial charge in [-0.15, -0.1) is 0 Å². The summed E-state index contributed by atoms with van der Waals surface area (Å²) in [5.41, 5.74) is 4.64. The first-order chi connectivity index (χ1) is 16.6. The van der Waals surface area contributed by atoms with Crippen molar-refractivity contribution in [1.29, 1.82) is 0 Å². The summed E-state index contributed by atoms with van der Waals surface area (Å²) in [6.45, 7) is 2.50. The molecule has 0 aliphatic heterocycles. The molecule has 0 unspecified atom stereocenters. The monoisotopic (exact) mass is 456 g/mol. The number of aromatic nitrogens is 1. The van der Waals surface area contributed by atoms with Gasteiger partial charge in [0.1, 0.15) is 0 Å². The summed E-state index contributed by atoms with van der Waals surface area (Å²) in [6.07, 6.45) is 2.74. The van der Waals surface area contributed by atoms with Crippen LogP contribution in [0.5, 0.6) is 11.5 Å². The number of aliphatic imine (C=N–C) groups is 1. The number of benzene rings is 3. The Morgan fingerprint density at radius 1 is 0.971 bits per heavy atom. The number of H-pyrrole nitrogens is 1. The third-order valence-corrected chi connectivity index (χ3v) is 5.60. The lowest BCUT2D eigenvalue weighted by Crippen LogP contribution is -2.36. The van der Waals surface area contributed by atoms with Gasteiger partial charge in [-0.25, -0.2) is 0 Å². The van der Waals surface area contributed by atoms with Gasteiger partial charge in [0.05, 0.1) is 14.2 Å². The smallest absolute Gasteiger partial charge is 0.258 e. The molecule has 0 atom stereocenters. The number of fused-ring (bicyclic) bond motifs is 1. The molecule has 0 fully saturated rings. The fraction of sp³-hybridized carbons (Fsp3) is 0.185. The molecule has 4 rings (SSSR count). The highest BCUT2D eigenvalue weighted by molar-refractivity contribution is 6.10. The van der Waals surface area contributed by atoms with Crippen LogP contribution in [0.4, 0.5) is 5.69 Å². The maximum Gasteiger partial charge on any atom is 0.258 e. The number of hydrogen-bond donors (Lipinski definition) is 3. The van der Waals surface area contributed by atoms with Gasteiger partial charge in [0, 0.05) is 34.9 Å². The molecule has 0 radical (unpaired) electrons. The van der Waals surface area contributed by atoms with Crippen molar-refractivity contribution in [3.05, 3.63) is 89.6 Å². The van der Waals surface area contributed by atoms with Crippen LogP contribution in [-0.2, 0) is 6.42 Å². The van der Waals surface area contributed by atoms with Crippen LogP contribution in [-0.4, -0.2) is 37.6 Å². The Hall–Kier alpha value is -4.26. The van der Waals surface area contributed by atoms with Gasteiger partial charge in [0.15, 0.2) is 11.5 Å². The van der Waals surface area contributed by atoms with Crippen LogP contribution in [0.2, 0.25) is 0 Å². The van der Waals surface area contributed by atoms with E-state index in [2.05, 4.69) is 32.7 Å². The summed E-state index contributed by atoms with van der Waals surface area (Å²) < 4.78 is 10.6. The Morgan fingerprint density at radius 2 is 1.74 bits per heavy atom. The lowest BCUT2D eigenvalue weighted by atomic mass is 10.1. The van der Waals surface area contributed by atoms with E-state index >= 15 is 0 Å². The average molecular weight is 457 g/mol. The number of nitrogens with one attached hydrogen (secondary N) is 3. The van der Waals surface area contributed by atoms with Crippen molar-refractivity contribution in [2.75, 3.05) is 26.1 Å². The summed E-state index contributed by atoms with van der Waals surface area (Å²) in [6, 6.07) is 21.1. The number of carbonyl (C=O) groups excluding carboxylic acids is 1. The van der Waals surface area contributed by atoms with Crippen LogP contribution in [0, 0.1) is 6.92 Å². The Morgan fingerprint density at radius 3 is 2.53 bits per heavy atom. The van der Waals surface area contributed by atoms with Gasteiger partial charge in [-0.1, -0.05) is 36.4 Å². The number of guanidine groups is 1.